The quantitative estimate of drug-likeness (QED) is 0.806. The van der Waals surface area contributed by atoms with Crippen LogP contribution >= 0.6 is 11.5 Å². The first kappa shape index (κ1) is 9.14. The molecule has 0 spiro atoms. The van der Waals surface area contributed by atoms with E-state index < -0.39 is 0 Å². The average molecular weight is 209 g/mol. The first-order valence-corrected chi connectivity index (χ1v) is 5.12. The molecule has 0 aliphatic heterocycles. The Hall–Kier alpha value is -1.43. The Morgan fingerprint density at radius 1 is 1.57 bits per heavy atom. The molecule has 0 fully saturated rings. The molecule has 2 aromatic rings. The molecule has 0 aliphatic carbocycles. The smallest absolute Gasteiger partial charge is 0.230 e. The second-order valence-electron chi connectivity index (χ2n) is 2.99. The predicted molar refractivity (Wildman–Crippen MR) is 55.6 cm³/mol. The molecule has 6 heteroatoms. The van der Waals surface area contributed by atoms with Crippen molar-refractivity contribution in [1.29, 1.82) is 0 Å². The number of rotatable bonds is 2. The van der Waals surface area contributed by atoms with Gasteiger partial charge in [0.05, 0.1) is 0 Å². The molecule has 2 heterocycles. The molecule has 5 nitrogen and oxygen atoms in total. The minimum atomic E-state index is 0.540. The van der Waals surface area contributed by atoms with Crippen molar-refractivity contribution in [3.8, 4) is 5.13 Å². The minimum absolute atomic E-state index is 0.540. The molecule has 2 N–H and O–H groups in total. The number of hydrogen-bond donors (Lipinski definition) is 1. The number of nitrogens with two attached hydrogens (primary N) is 1. The molecule has 74 valence electrons. The monoisotopic (exact) mass is 209 g/mol. The molecule has 0 radical (unpaired) electrons. The molecule has 0 amide bonds. The molecule has 0 aromatic carbocycles. The van der Waals surface area contributed by atoms with Crippen molar-refractivity contribution in [2.45, 2.75) is 20.3 Å². The van der Waals surface area contributed by atoms with Crippen LogP contribution in [0.4, 0.5) is 5.82 Å². The summed E-state index contributed by atoms with van der Waals surface area (Å²) in [5.74, 6) is 1.38. The first-order chi connectivity index (χ1) is 6.70. The van der Waals surface area contributed by atoms with Gasteiger partial charge < -0.3 is 5.73 Å². The molecule has 0 bridgehead atoms. The van der Waals surface area contributed by atoms with Crippen molar-refractivity contribution in [2.24, 2.45) is 0 Å². The van der Waals surface area contributed by atoms with Crippen molar-refractivity contribution >= 4 is 17.4 Å². The highest BCUT2D eigenvalue weighted by Gasteiger charge is 2.07. The first-order valence-electron chi connectivity index (χ1n) is 4.35. The van der Waals surface area contributed by atoms with E-state index in [4.69, 9.17) is 5.73 Å². The van der Waals surface area contributed by atoms with Gasteiger partial charge in [-0.05, 0) is 6.92 Å². The number of nitrogens with zero attached hydrogens (tertiary/aromatic N) is 4. The van der Waals surface area contributed by atoms with Crippen LogP contribution in [-0.2, 0) is 6.42 Å². The number of hydrogen-bond acceptors (Lipinski definition) is 5. The van der Waals surface area contributed by atoms with Gasteiger partial charge in [-0.3, -0.25) is 0 Å². The summed E-state index contributed by atoms with van der Waals surface area (Å²) < 4.78 is 5.85. The topological polar surface area (TPSA) is 69.6 Å². The van der Waals surface area contributed by atoms with Crippen LogP contribution in [0, 0.1) is 6.92 Å². The van der Waals surface area contributed by atoms with Gasteiger partial charge in [-0.25, -0.2) is 9.67 Å². The molecule has 14 heavy (non-hydrogen) atoms. The highest BCUT2D eigenvalue weighted by atomic mass is 32.1. The van der Waals surface area contributed by atoms with Crippen LogP contribution in [0.3, 0.4) is 0 Å². The third kappa shape index (κ3) is 1.48. The lowest BCUT2D eigenvalue weighted by atomic mass is 10.4. The molecular weight excluding hydrogens is 198 g/mol. The predicted octanol–water partition coefficient (Wildman–Crippen LogP) is 1.18. The van der Waals surface area contributed by atoms with Gasteiger partial charge in [0.1, 0.15) is 11.6 Å². The van der Waals surface area contributed by atoms with Gasteiger partial charge in [0.25, 0.3) is 0 Å². The van der Waals surface area contributed by atoms with E-state index in [0.717, 1.165) is 22.9 Å². The van der Waals surface area contributed by atoms with Gasteiger partial charge in [0.2, 0.25) is 5.13 Å². The van der Waals surface area contributed by atoms with Gasteiger partial charge >= 0.3 is 0 Å². The Kier molecular flexibility index (Phi) is 2.20. The summed E-state index contributed by atoms with van der Waals surface area (Å²) in [5.41, 5.74) is 6.60. The van der Waals surface area contributed by atoms with Crippen LogP contribution in [0.2, 0.25) is 0 Å². The van der Waals surface area contributed by atoms with E-state index in [2.05, 4.69) is 14.5 Å². The molecule has 0 atom stereocenters. The van der Waals surface area contributed by atoms with Crippen molar-refractivity contribution in [3.05, 3.63) is 17.6 Å². The zero-order valence-corrected chi connectivity index (χ0v) is 8.88. The van der Waals surface area contributed by atoms with E-state index in [1.54, 1.807) is 4.68 Å². The largest absolute Gasteiger partial charge is 0.382 e. The van der Waals surface area contributed by atoms with Gasteiger partial charge in [0, 0.05) is 29.7 Å². The Bertz CT molecular complexity index is 425. The summed E-state index contributed by atoms with van der Waals surface area (Å²) in [6.07, 6.45) is 2.70. The second-order valence-corrected chi connectivity index (χ2v) is 3.72. The fourth-order valence-electron chi connectivity index (χ4n) is 1.05. The van der Waals surface area contributed by atoms with Gasteiger partial charge in [-0.2, -0.15) is 4.37 Å². The van der Waals surface area contributed by atoms with Gasteiger partial charge in [0.15, 0.2) is 0 Å². The van der Waals surface area contributed by atoms with Crippen molar-refractivity contribution in [2.75, 3.05) is 5.73 Å². The number of aryl methyl sites for hydroxylation is 2. The molecule has 2 aromatic heterocycles. The number of anilines is 1. The Morgan fingerprint density at radius 3 is 2.86 bits per heavy atom. The maximum Gasteiger partial charge on any atom is 0.230 e. The standard InChI is InChI=1S/C8H11N5S/c1-3-6-10-8(14-12-6)13-4-5(2)7(9)11-13/h4H,3H2,1-2H3,(H2,9,11). The SMILES string of the molecule is CCc1nsc(-n2cc(C)c(N)n2)n1. The molecule has 0 saturated carbocycles. The van der Waals surface area contributed by atoms with Crippen LogP contribution in [0.5, 0.6) is 0 Å². The van der Waals surface area contributed by atoms with E-state index in [0.29, 0.717) is 5.82 Å². The highest BCUT2D eigenvalue weighted by molar-refractivity contribution is 7.08. The van der Waals surface area contributed by atoms with Crippen LogP contribution in [-0.4, -0.2) is 19.1 Å². The second kappa shape index (κ2) is 3.38. The Labute approximate surface area is 85.8 Å². The van der Waals surface area contributed by atoms with Crippen LogP contribution in [0.1, 0.15) is 18.3 Å². The molecule has 0 unspecified atom stereocenters. The van der Waals surface area contributed by atoms with E-state index >= 15 is 0 Å². The maximum absolute atomic E-state index is 5.64. The number of nitrogen functional groups attached to an aromatic ring is 1. The molecule has 0 saturated heterocycles. The minimum Gasteiger partial charge on any atom is -0.382 e. The van der Waals surface area contributed by atoms with E-state index in [-0.39, 0.29) is 0 Å². The van der Waals surface area contributed by atoms with Crippen molar-refractivity contribution < 1.29 is 0 Å². The normalized spacial score (nSPS) is 10.7. The lowest BCUT2D eigenvalue weighted by molar-refractivity contribution is 0.858. The average Bonchev–Trinajstić information content (AvgIpc) is 2.74. The van der Waals surface area contributed by atoms with Crippen LogP contribution in [0.25, 0.3) is 5.13 Å². The summed E-state index contributed by atoms with van der Waals surface area (Å²) in [5, 5.41) is 4.90. The van der Waals surface area contributed by atoms with Crippen molar-refractivity contribution in [3.63, 3.8) is 0 Å². The van der Waals surface area contributed by atoms with Crippen molar-refractivity contribution in [1.82, 2.24) is 19.1 Å². The molecule has 0 aliphatic rings. The molecular formula is C8H11N5S. The lowest BCUT2D eigenvalue weighted by Gasteiger charge is -1.90. The maximum atomic E-state index is 5.64. The lowest BCUT2D eigenvalue weighted by Crippen LogP contribution is -1.95. The summed E-state index contributed by atoms with van der Waals surface area (Å²) in [6, 6.07) is 0. The van der Waals surface area contributed by atoms with Gasteiger partial charge in [-0.1, -0.05) is 6.92 Å². The zero-order valence-electron chi connectivity index (χ0n) is 8.06. The number of aromatic nitrogens is 4. The Morgan fingerprint density at radius 2 is 2.36 bits per heavy atom. The van der Waals surface area contributed by atoms with E-state index in [1.165, 1.54) is 11.5 Å². The van der Waals surface area contributed by atoms with Gasteiger partial charge in [-0.15, -0.1) is 5.10 Å². The van der Waals surface area contributed by atoms with E-state index in [1.807, 2.05) is 20.0 Å². The van der Waals surface area contributed by atoms with E-state index in [9.17, 15) is 0 Å². The zero-order chi connectivity index (χ0) is 10.1. The fraction of sp³-hybridized carbons (Fsp3) is 0.375. The summed E-state index contributed by atoms with van der Waals surface area (Å²) in [4.78, 5) is 4.31. The van der Waals surface area contributed by atoms with Crippen LogP contribution in [0.15, 0.2) is 6.20 Å². The third-order valence-corrected chi connectivity index (χ3v) is 2.65. The fourth-order valence-corrected chi connectivity index (χ4v) is 1.73. The summed E-state index contributed by atoms with van der Waals surface area (Å²) >= 11 is 1.33. The summed E-state index contributed by atoms with van der Waals surface area (Å²) in [6.45, 7) is 3.94. The van der Waals surface area contributed by atoms with Crippen LogP contribution < -0.4 is 5.73 Å². The summed E-state index contributed by atoms with van der Waals surface area (Å²) in [7, 11) is 0. The molecule has 2 rings (SSSR count). The highest BCUT2D eigenvalue weighted by Crippen LogP contribution is 2.14. The Balaban J connectivity index is 2.39. The third-order valence-electron chi connectivity index (χ3n) is 1.91.